The molecule has 0 bridgehead atoms. The van der Waals surface area contributed by atoms with Crippen molar-refractivity contribution in [1.82, 2.24) is 9.97 Å². The fourth-order valence-corrected chi connectivity index (χ4v) is 2.30. The van der Waals surface area contributed by atoms with Gasteiger partial charge in [0.25, 0.3) is 0 Å². The Hall–Kier alpha value is -2.62. The zero-order valence-corrected chi connectivity index (χ0v) is 11.3. The van der Waals surface area contributed by atoms with Gasteiger partial charge in [-0.25, -0.2) is 9.97 Å². The predicted octanol–water partition coefficient (Wildman–Crippen LogP) is 2.85. The lowest BCUT2D eigenvalue weighted by Gasteiger charge is -2.19. The summed E-state index contributed by atoms with van der Waals surface area (Å²) in [5.41, 5.74) is 8.63. The van der Waals surface area contributed by atoms with E-state index >= 15 is 0 Å². The van der Waals surface area contributed by atoms with Crippen LogP contribution < -0.4 is 10.6 Å². The second-order valence-electron chi connectivity index (χ2n) is 4.82. The van der Waals surface area contributed by atoms with Crippen LogP contribution in [0, 0.1) is 0 Å². The third-order valence-electron chi connectivity index (χ3n) is 3.26. The Morgan fingerprint density at radius 3 is 2.65 bits per heavy atom. The predicted molar refractivity (Wildman–Crippen MR) is 82.5 cm³/mol. The summed E-state index contributed by atoms with van der Waals surface area (Å²) in [7, 11) is 2.03. The van der Waals surface area contributed by atoms with Gasteiger partial charge in [-0.15, -0.1) is 0 Å². The number of aromatic nitrogens is 2. The average Bonchev–Trinajstić information content (AvgIpc) is 2.47. The molecule has 20 heavy (non-hydrogen) atoms. The first-order valence-corrected chi connectivity index (χ1v) is 6.49. The minimum Gasteiger partial charge on any atom is -0.399 e. The Balaban J connectivity index is 1.97. The summed E-state index contributed by atoms with van der Waals surface area (Å²) in [5, 5.41) is 1.01. The average molecular weight is 264 g/mol. The Morgan fingerprint density at radius 1 is 1.05 bits per heavy atom. The normalized spacial score (nSPS) is 10.7. The van der Waals surface area contributed by atoms with E-state index in [4.69, 9.17) is 5.73 Å². The lowest BCUT2D eigenvalue weighted by Crippen LogP contribution is -2.18. The molecule has 1 aromatic heterocycles. The molecular weight excluding hydrogens is 248 g/mol. The summed E-state index contributed by atoms with van der Waals surface area (Å²) in [6, 6.07) is 16.1. The van der Waals surface area contributed by atoms with Crippen molar-refractivity contribution in [2.75, 3.05) is 17.7 Å². The molecule has 0 aliphatic carbocycles. The van der Waals surface area contributed by atoms with Crippen LogP contribution in [0.25, 0.3) is 10.9 Å². The maximum absolute atomic E-state index is 5.80. The van der Waals surface area contributed by atoms with Gasteiger partial charge >= 0.3 is 0 Å². The van der Waals surface area contributed by atoms with Crippen molar-refractivity contribution >= 4 is 22.4 Å². The lowest BCUT2D eigenvalue weighted by molar-refractivity contribution is 0.900. The van der Waals surface area contributed by atoms with Gasteiger partial charge in [0, 0.05) is 24.7 Å². The largest absolute Gasteiger partial charge is 0.399 e. The van der Waals surface area contributed by atoms with E-state index in [-0.39, 0.29) is 0 Å². The summed E-state index contributed by atoms with van der Waals surface area (Å²) >= 11 is 0. The van der Waals surface area contributed by atoms with Gasteiger partial charge in [-0.2, -0.15) is 0 Å². The standard InChI is InChI=1S/C16H16N4/c1-20(10-12-5-3-2-4-6-12)16-14-8-7-13(17)9-15(14)18-11-19-16/h2-9,11H,10,17H2,1H3. The first-order chi connectivity index (χ1) is 9.74. The summed E-state index contributed by atoms with van der Waals surface area (Å²) < 4.78 is 0. The highest BCUT2D eigenvalue weighted by Gasteiger charge is 2.09. The maximum Gasteiger partial charge on any atom is 0.139 e. The van der Waals surface area contributed by atoms with Crippen LogP contribution >= 0.6 is 0 Å². The van der Waals surface area contributed by atoms with Crippen LogP contribution in [0.15, 0.2) is 54.9 Å². The van der Waals surface area contributed by atoms with E-state index in [9.17, 15) is 0 Å². The number of nitrogens with zero attached hydrogens (tertiary/aromatic N) is 3. The quantitative estimate of drug-likeness (QED) is 0.739. The number of nitrogens with two attached hydrogens (primary N) is 1. The number of hydrogen-bond donors (Lipinski definition) is 1. The first kappa shape index (κ1) is 12.4. The van der Waals surface area contributed by atoms with Gasteiger partial charge in [0.1, 0.15) is 12.1 Å². The van der Waals surface area contributed by atoms with E-state index in [0.29, 0.717) is 5.69 Å². The Bertz CT molecular complexity index is 725. The van der Waals surface area contributed by atoms with E-state index in [1.807, 2.05) is 43.4 Å². The van der Waals surface area contributed by atoms with E-state index in [2.05, 4.69) is 27.0 Å². The molecule has 0 atom stereocenters. The van der Waals surface area contributed by atoms with Crippen LogP contribution in [-0.2, 0) is 6.54 Å². The van der Waals surface area contributed by atoms with Crippen molar-refractivity contribution in [3.05, 3.63) is 60.4 Å². The highest BCUT2D eigenvalue weighted by Crippen LogP contribution is 2.24. The van der Waals surface area contributed by atoms with Crippen molar-refractivity contribution in [3.63, 3.8) is 0 Å². The number of anilines is 2. The molecule has 0 fully saturated rings. The summed E-state index contributed by atoms with van der Waals surface area (Å²) in [5.74, 6) is 0.916. The Morgan fingerprint density at radius 2 is 1.85 bits per heavy atom. The second kappa shape index (κ2) is 5.17. The van der Waals surface area contributed by atoms with Crippen molar-refractivity contribution in [3.8, 4) is 0 Å². The molecule has 3 aromatic rings. The molecule has 4 heteroatoms. The second-order valence-corrected chi connectivity index (χ2v) is 4.82. The summed E-state index contributed by atoms with van der Waals surface area (Å²) in [4.78, 5) is 10.8. The minimum absolute atomic E-state index is 0.716. The monoisotopic (exact) mass is 264 g/mol. The van der Waals surface area contributed by atoms with Crippen LogP contribution in [-0.4, -0.2) is 17.0 Å². The van der Waals surface area contributed by atoms with Crippen molar-refractivity contribution in [1.29, 1.82) is 0 Å². The molecule has 2 N–H and O–H groups in total. The van der Waals surface area contributed by atoms with Gasteiger partial charge in [0.15, 0.2) is 0 Å². The molecule has 0 aliphatic rings. The number of benzene rings is 2. The minimum atomic E-state index is 0.716. The maximum atomic E-state index is 5.80. The number of hydrogen-bond acceptors (Lipinski definition) is 4. The molecule has 100 valence electrons. The number of fused-ring (bicyclic) bond motifs is 1. The highest BCUT2D eigenvalue weighted by molar-refractivity contribution is 5.91. The molecule has 3 rings (SSSR count). The highest BCUT2D eigenvalue weighted by atomic mass is 15.2. The van der Waals surface area contributed by atoms with Crippen LogP contribution in [0.3, 0.4) is 0 Å². The Labute approximate surface area is 117 Å². The third-order valence-corrected chi connectivity index (χ3v) is 3.26. The van der Waals surface area contributed by atoms with Crippen LogP contribution in [0.1, 0.15) is 5.56 Å². The zero-order valence-electron chi connectivity index (χ0n) is 11.3. The fourth-order valence-electron chi connectivity index (χ4n) is 2.30. The lowest BCUT2D eigenvalue weighted by atomic mass is 10.2. The van der Waals surface area contributed by atoms with Crippen LogP contribution in [0.5, 0.6) is 0 Å². The molecule has 0 aliphatic heterocycles. The SMILES string of the molecule is CN(Cc1ccccc1)c1ncnc2cc(N)ccc12. The molecule has 0 radical (unpaired) electrons. The molecule has 0 amide bonds. The molecule has 0 saturated carbocycles. The van der Waals surface area contributed by atoms with Crippen molar-refractivity contribution in [2.45, 2.75) is 6.54 Å². The third kappa shape index (κ3) is 2.40. The van der Waals surface area contributed by atoms with Gasteiger partial charge in [-0.05, 0) is 23.8 Å². The zero-order chi connectivity index (χ0) is 13.9. The van der Waals surface area contributed by atoms with Crippen molar-refractivity contribution < 1.29 is 0 Å². The van der Waals surface area contributed by atoms with Crippen molar-refractivity contribution in [2.24, 2.45) is 0 Å². The molecule has 0 spiro atoms. The van der Waals surface area contributed by atoms with Gasteiger partial charge in [0.05, 0.1) is 5.52 Å². The number of nitrogen functional groups attached to an aromatic ring is 1. The number of rotatable bonds is 3. The van der Waals surface area contributed by atoms with E-state index in [1.165, 1.54) is 5.56 Å². The van der Waals surface area contributed by atoms with E-state index < -0.39 is 0 Å². The van der Waals surface area contributed by atoms with Gasteiger partial charge in [-0.1, -0.05) is 30.3 Å². The van der Waals surface area contributed by atoms with Gasteiger partial charge in [-0.3, -0.25) is 0 Å². The smallest absolute Gasteiger partial charge is 0.139 e. The summed E-state index contributed by atoms with van der Waals surface area (Å²) in [6.45, 7) is 0.803. The molecule has 4 nitrogen and oxygen atoms in total. The van der Waals surface area contributed by atoms with E-state index in [1.54, 1.807) is 6.33 Å². The molecule has 1 heterocycles. The Kier molecular flexibility index (Phi) is 3.21. The molecule has 0 unspecified atom stereocenters. The molecular formula is C16H16N4. The van der Waals surface area contributed by atoms with Gasteiger partial charge in [0.2, 0.25) is 0 Å². The topological polar surface area (TPSA) is 55.0 Å². The molecule has 2 aromatic carbocycles. The van der Waals surface area contributed by atoms with Gasteiger partial charge < -0.3 is 10.6 Å². The van der Waals surface area contributed by atoms with Crippen LogP contribution in [0.4, 0.5) is 11.5 Å². The van der Waals surface area contributed by atoms with Crippen LogP contribution in [0.2, 0.25) is 0 Å². The fraction of sp³-hybridized carbons (Fsp3) is 0.125. The first-order valence-electron chi connectivity index (χ1n) is 6.49. The molecule has 0 saturated heterocycles. The van der Waals surface area contributed by atoms with E-state index in [0.717, 1.165) is 23.3 Å². The summed E-state index contributed by atoms with van der Waals surface area (Å²) in [6.07, 6.45) is 1.58.